The highest BCUT2D eigenvalue weighted by Crippen LogP contribution is 2.39. The van der Waals surface area contributed by atoms with E-state index in [1.165, 1.54) is 0 Å². The topological polar surface area (TPSA) is 47.6 Å². The third-order valence-electron chi connectivity index (χ3n) is 4.89. The third-order valence-corrected chi connectivity index (χ3v) is 4.89. The molecule has 0 saturated heterocycles. The summed E-state index contributed by atoms with van der Waals surface area (Å²) in [6, 6.07) is 23.7. The Hall–Kier alpha value is -3.53. The molecule has 0 fully saturated rings. The van der Waals surface area contributed by atoms with E-state index in [0.717, 1.165) is 32.9 Å². The molecule has 1 heterocycles. The second kappa shape index (κ2) is 6.32. The average Bonchev–Trinajstić information content (AvgIpc) is 3.18. The van der Waals surface area contributed by atoms with Crippen molar-refractivity contribution in [3.63, 3.8) is 0 Å². The Morgan fingerprint density at radius 3 is 2.33 bits per heavy atom. The number of hydrogen-bond donors (Lipinski definition) is 1. The van der Waals surface area contributed by atoms with Crippen LogP contribution in [0.25, 0.3) is 21.5 Å². The van der Waals surface area contributed by atoms with Crippen LogP contribution in [0.15, 0.2) is 72.8 Å². The molecule has 1 amide bonds. The average molecular weight is 355 g/mol. The summed E-state index contributed by atoms with van der Waals surface area (Å²) < 4.78 is 11.0. The van der Waals surface area contributed by atoms with Gasteiger partial charge in [0.05, 0.1) is 0 Å². The Kier molecular flexibility index (Phi) is 3.68. The molecule has 27 heavy (non-hydrogen) atoms. The Bertz CT molecular complexity index is 1170. The molecule has 4 aromatic rings. The van der Waals surface area contributed by atoms with E-state index in [1.807, 2.05) is 72.8 Å². The molecule has 0 radical (unpaired) electrons. The van der Waals surface area contributed by atoms with Crippen LogP contribution in [0.4, 0.5) is 0 Å². The van der Waals surface area contributed by atoms with Crippen LogP contribution >= 0.6 is 0 Å². The first-order chi connectivity index (χ1) is 13.3. The van der Waals surface area contributed by atoms with Crippen molar-refractivity contribution in [2.24, 2.45) is 0 Å². The molecule has 0 spiro atoms. The maximum Gasteiger partial charge on any atom is 0.252 e. The molecule has 132 valence electrons. The summed E-state index contributed by atoms with van der Waals surface area (Å²) in [6.45, 7) is 0.723. The van der Waals surface area contributed by atoms with Gasteiger partial charge in [-0.1, -0.05) is 54.6 Å². The second-order valence-corrected chi connectivity index (χ2v) is 6.56. The quantitative estimate of drug-likeness (QED) is 0.544. The van der Waals surface area contributed by atoms with Crippen LogP contribution in [0, 0.1) is 0 Å². The minimum absolute atomic E-state index is 0.0883. The van der Waals surface area contributed by atoms with Crippen LogP contribution in [0.5, 0.6) is 11.5 Å². The molecule has 1 aliphatic rings. The molecule has 0 atom stereocenters. The number of amides is 1. The fraction of sp³-hybridized carbons (Fsp3) is 0.0870. The van der Waals surface area contributed by atoms with Gasteiger partial charge in [-0.2, -0.15) is 0 Å². The highest BCUT2D eigenvalue weighted by Gasteiger charge is 2.18. The zero-order chi connectivity index (χ0) is 18.2. The van der Waals surface area contributed by atoms with Gasteiger partial charge in [-0.05, 0) is 45.3 Å². The Balaban J connectivity index is 1.60. The lowest BCUT2D eigenvalue weighted by Gasteiger charge is -2.12. The summed E-state index contributed by atoms with van der Waals surface area (Å²) in [6.07, 6.45) is 0. The number of ether oxygens (including phenoxy) is 2. The zero-order valence-corrected chi connectivity index (χ0v) is 14.6. The molecule has 5 rings (SSSR count). The zero-order valence-electron chi connectivity index (χ0n) is 14.6. The van der Waals surface area contributed by atoms with E-state index in [9.17, 15) is 4.79 Å². The molecule has 0 aliphatic carbocycles. The summed E-state index contributed by atoms with van der Waals surface area (Å²) in [5.41, 5.74) is 1.73. The molecule has 4 aromatic carbocycles. The molecule has 0 unspecified atom stereocenters. The highest BCUT2D eigenvalue weighted by atomic mass is 16.7. The van der Waals surface area contributed by atoms with E-state index in [1.54, 1.807) is 0 Å². The first-order valence-electron chi connectivity index (χ1n) is 8.87. The van der Waals surface area contributed by atoms with Gasteiger partial charge in [0.2, 0.25) is 6.79 Å². The number of rotatable bonds is 3. The number of benzene rings is 4. The van der Waals surface area contributed by atoms with Gasteiger partial charge in [0.25, 0.3) is 5.91 Å². The summed E-state index contributed by atoms with van der Waals surface area (Å²) in [5.74, 6) is 1.37. The number of carbonyl (C=O) groups is 1. The lowest BCUT2D eigenvalue weighted by atomic mass is 9.96. The van der Waals surface area contributed by atoms with Crippen LogP contribution in [0.1, 0.15) is 15.9 Å². The predicted octanol–water partition coefficient (Wildman–Crippen LogP) is 4.65. The predicted molar refractivity (Wildman–Crippen MR) is 105 cm³/mol. The van der Waals surface area contributed by atoms with E-state index in [-0.39, 0.29) is 12.7 Å². The fourth-order valence-corrected chi connectivity index (χ4v) is 3.56. The SMILES string of the molecule is O=C(NCc1ccccc1)c1cc2cc3c(cc2c2ccccc12)OCO3. The van der Waals surface area contributed by atoms with Crippen molar-refractivity contribution < 1.29 is 14.3 Å². The minimum Gasteiger partial charge on any atom is -0.454 e. The molecule has 1 N–H and O–H groups in total. The van der Waals surface area contributed by atoms with E-state index in [2.05, 4.69) is 5.32 Å². The van der Waals surface area contributed by atoms with Gasteiger partial charge in [0.1, 0.15) is 0 Å². The van der Waals surface area contributed by atoms with E-state index in [4.69, 9.17) is 9.47 Å². The Morgan fingerprint density at radius 1 is 0.815 bits per heavy atom. The van der Waals surface area contributed by atoms with Gasteiger partial charge >= 0.3 is 0 Å². The Labute approximate surface area is 156 Å². The highest BCUT2D eigenvalue weighted by molar-refractivity contribution is 6.17. The maximum atomic E-state index is 12.9. The molecule has 0 saturated carbocycles. The molecular formula is C23H17NO3. The lowest BCUT2D eigenvalue weighted by molar-refractivity contribution is 0.0952. The van der Waals surface area contributed by atoms with Crippen molar-refractivity contribution in [3.8, 4) is 11.5 Å². The standard InChI is InChI=1S/C23H17NO3/c25-23(24-13-15-6-2-1-3-7-15)20-10-16-11-21-22(27-14-26-21)12-19(16)17-8-4-5-9-18(17)20/h1-12H,13-14H2,(H,24,25). The number of nitrogens with one attached hydrogen (secondary N) is 1. The fourth-order valence-electron chi connectivity index (χ4n) is 3.56. The van der Waals surface area contributed by atoms with Crippen molar-refractivity contribution in [2.45, 2.75) is 6.54 Å². The first kappa shape index (κ1) is 15.7. The van der Waals surface area contributed by atoms with Crippen molar-refractivity contribution in [3.05, 3.63) is 83.9 Å². The number of fused-ring (bicyclic) bond motifs is 4. The van der Waals surface area contributed by atoms with Crippen molar-refractivity contribution in [1.82, 2.24) is 5.32 Å². The molecule has 0 bridgehead atoms. The smallest absolute Gasteiger partial charge is 0.252 e. The third kappa shape index (κ3) is 2.75. The summed E-state index contributed by atoms with van der Waals surface area (Å²) in [5, 5.41) is 6.99. The van der Waals surface area contributed by atoms with Crippen molar-refractivity contribution in [1.29, 1.82) is 0 Å². The minimum atomic E-state index is -0.0883. The normalized spacial score (nSPS) is 12.4. The number of hydrogen-bond acceptors (Lipinski definition) is 3. The summed E-state index contributed by atoms with van der Waals surface area (Å²) in [4.78, 5) is 12.9. The van der Waals surface area contributed by atoms with Gasteiger partial charge in [-0.25, -0.2) is 0 Å². The van der Waals surface area contributed by atoms with Crippen LogP contribution in [-0.2, 0) is 6.54 Å². The van der Waals surface area contributed by atoms with E-state index >= 15 is 0 Å². The molecule has 0 aromatic heterocycles. The summed E-state index contributed by atoms with van der Waals surface area (Å²) in [7, 11) is 0. The Morgan fingerprint density at radius 2 is 1.52 bits per heavy atom. The van der Waals surface area contributed by atoms with Crippen molar-refractivity contribution in [2.75, 3.05) is 6.79 Å². The molecule has 4 heteroatoms. The van der Waals surface area contributed by atoms with Crippen LogP contribution in [0.3, 0.4) is 0 Å². The van der Waals surface area contributed by atoms with Gasteiger partial charge < -0.3 is 14.8 Å². The second-order valence-electron chi connectivity index (χ2n) is 6.56. The maximum absolute atomic E-state index is 12.9. The van der Waals surface area contributed by atoms with E-state index in [0.29, 0.717) is 17.9 Å². The molecule has 1 aliphatic heterocycles. The van der Waals surface area contributed by atoms with Crippen molar-refractivity contribution >= 4 is 27.5 Å². The summed E-state index contributed by atoms with van der Waals surface area (Å²) >= 11 is 0. The van der Waals surface area contributed by atoms with Crippen LogP contribution in [0.2, 0.25) is 0 Å². The van der Waals surface area contributed by atoms with E-state index < -0.39 is 0 Å². The molecule has 4 nitrogen and oxygen atoms in total. The lowest BCUT2D eigenvalue weighted by Crippen LogP contribution is -2.23. The molecular weight excluding hydrogens is 338 g/mol. The number of carbonyl (C=O) groups excluding carboxylic acids is 1. The van der Waals surface area contributed by atoms with Gasteiger partial charge in [0.15, 0.2) is 11.5 Å². The monoisotopic (exact) mass is 355 g/mol. The van der Waals surface area contributed by atoms with Gasteiger partial charge in [-0.3, -0.25) is 4.79 Å². The van der Waals surface area contributed by atoms with Crippen LogP contribution < -0.4 is 14.8 Å². The largest absolute Gasteiger partial charge is 0.454 e. The van der Waals surface area contributed by atoms with Crippen LogP contribution in [-0.4, -0.2) is 12.7 Å². The van der Waals surface area contributed by atoms with Gasteiger partial charge in [0, 0.05) is 12.1 Å². The van der Waals surface area contributed by atoms with Gasteiger partial charge in [-0.15, -0.1) is 0 Å². The first-order valence-corrected chi connectivity index (χ1v) is 8.87.